The Balaban J connectivity index is 1.61. The Morgan fingerprint density at radius 3 is 2.58 bits per heavy atom. The molecule has 2 unspecified atom stereocenters. The minimum absolute atomic E-state index is 0.0349. The molecule has 1 N–H and O–H groups in total. The summed E-state index contributed by atoms with van der Waals surface area (Å²) in [7, 11) is 0. The van der Waals surface area contributed by atoms with Crippen molar-refractivity contribution in [2.75, 3.05) is 18.0 Å². The SMILES string of the molecule is CCC1CC2(CCN1C(=O)O)CCn1c(nc(-c3ccncn3)cc1=O)N2CC(=O)c1ccccc1. The summed E-state index contributed by atoms with van der Waals surface area (Å²) in [4.78, 5) is 55.0. The molecule has 0 saturated carbocycles. The maximum atomic E-state index is 13.4. The Kier molecular flexibility index (Phi) is 6.26. The third-order valence-corrected chi connectivity index (χ3v) is 7.44. The summed E-state index contributed by atoms with van der Waals surface area (Å²) < 4.78 is 1.61. The molecule has 2 aromatic heterocycles. The van der Waals surface area contributed by atoms with Crippen molar-refractivity contribution in [2.45, 2.75) is 50.7 Å². The molecule has 2 aliphatic heterocycles. The van der Waals surface area contributed by atoms with Gasteiger partial charge in [0.1, 0.15) is 6.33 Å². The zero-order valence-electron chi connectivity index (χ0n) is 20.1. The molecule has 2 atom stereocenters. The van der Waals surface area contributed by atoms with E-state index in [1.54, 1.807) is 29.0 Å². The molecule has 1 aromatic carbocycles. The number of fused-ring (bicyclic) bond motifs is 1. The van der Waals surface area contributed by atoms with E-state index in [4.69, 9.17) is 4.98 Å². The van der Waals surface area contributed by atoms with Gasteiger partial charge in [-0.2, -0.15) is 0 Å². The van der Waals surface area contributed by atoms with Crippen molar-refractivity contribution >= 4 is 17.8 Å². The fourth-order valence-electron chi connectivity index (χ4n) is 5.50. The largest absolute Gasteiger partial charge is 0.465 e. The fourth-order valence-corrected chi connectivity index (χ4v) is 5.50. The van der Waals surface area contributed by atoms with Crippen LogP contribution in [0.3, 0.4) is 0 Å². The highest BCUT2D eigenvalue weighted by Crippen LogP contribution is 2.42. The zero-order chi connectivity index (χ0) is 25.3. The molecule has 0 radical (unpaired) electrons. The molecule has 3 aromatic rings. The first-order valence-corrected chi connectivity index (χ1v) is 12.2. The molecule has 0 bridgehead atoms. The van der Waals surface area contributed by atoms with Crippen molar-refractivity contribution in [3.8, 4) is 11.4 Å². The minimum Gasteiger partial charge on any atom is -0.465 e. The highest BCUT2D eigenvalue weighted by molar-refractivity contribution is 5.99. The van der Waals surface area contributed by atoms with Crippen LogP contribution in [0.4, 0.5) is 10.7 Å². The standard InChI is InChI=1S/C26H28N6O4/c1-2-19-15-26(9-12-30(19)25(35)36)10-13-31-23(34)14-21(20-8-11-27-17-28-20)29-24(31)32(26)16-22(33)18-6-4-3-5-7-18/h3-8,11,14,17,19H,2,9-10,12-13,15-16H2,1H3,(H,35,36). The van der Waals surface area contributed by atoms with E-state index in [0.29, 0.717) is 61.7 Å². The summed E-state index contributed by atoms with van der Waals surface area (Å²) in [6.45, 7) is 2.82. The van der Waals surface area contributed by atoms with Gasteiger partial charge in [0.05, 0.1) is 17.9 Å². The van der Waals surface area contributed by atoms with Crippen LogP contribution in [-0.2, 0) is 6.54 Å². The number of benzene rings is 1. The molecule has 0 aliphatic carbocycles. The lowest BCUT2D eigenvalue weighted by atomic mass is 9.77. The number of ketones is 1. The molecule has 10 heteroatoms. The summed E-state index contributed by atoms with van der Waals surface area (Å²) >= 11 is 0. The molecule has 4 heterocycles. The van der Waals surface area contributed by atoms with Gasteiger partial charge in [-0.25, -0.2) is 19.7 Å². The van der Waals surface area contributed by atoms with E-state index in [-0.39, 0.29) is 23.9 Å². The van der Waals surface area contributed by atoms with Gasteiger partial charge in [-0.1, -0.05) is 37.3 Å². The van der Waals surface area contributed by atoms with E-state index in [1.807, 2.05) is 30.0 Å². The first-order chi connectivity index (χ1) is 17.4. The zero-order valence-corrected chi connectivity index (χ0v) is 20.1. The monoisotopic (exact) mass is 488 g/mol. The lowest BCUT2D eigenvalue weighted by molar-refractivity contribution is 0.0660. The van der Waals surface area contributed by atoms with Crippen LogP contribution >= 0.6 is 0 Å². The van der Waals surface area contributed by atoms with Gasteiger partial charge < -0.3 is 14.9 Å². The summed E-state index contributed by atoms with van der Waals surface area (Å²) in [5, 5.41) is 9.73. The number of carboxylic acid groups (broad SMARTS) is 1. The van der Waals surface area contributed by atoms with E-state index in [9.17, 15) is 19.5 Å². The van der Waals surface area contributed by atoms with Crippen LogP contribution in [0, 0.1) is 0 Å². The highest BCUT2D eigenvalue weighted by atomic mass is 16.4. The van der Waals surface area contributed by atoms with E-state index in [2.05, 4.69) is 9.97 Å². The molecular weight excluding hydrogens is 460 g/mol. The number of hydrogen-bond donors (Lipinski definition) is 1. The second-order valence-corrected chi connectivity index (χ2v) is 9.37. The van der Waals surface area contributed by atoms with E-state index in [1.165, 1.54) is 17.3 Å². The summed E-state index contributed by atoms with van der Waals surface area (Å²) in [6.07, 6.45) is 4.46. The first-order valence-electron chi connectivity index (χ1n) is 12.2. The second-order valence-electron chi connectivity index (χ2n) is 9.37. The van der Waals surface area contributed by atoms with Gasteiger partial charge in [0.25, 0.3) is 5.56 Å². The Morgan fingerprint density at radius 1 is 1.11 bits per heavy atom. The lowest BCUT2D eigenvalue weighted by Crippen LogP contribution is -2.63. The Labute approximate surface area is 208 Å². The van der Waals surface area contributed by atoms with Crippen molar-refractivity contribution in [1.29, 1.82) is 0 Å². The fraction of sp³-hybridized carbons (Fsp3) is 0.385. The van der Waals surface area contributed by atoms with Crippen LogP contribution in [0.25, 0.3) is 11.4 Å². The van der Waals surface area contributed by atoms with Crippen LogP contribution in [-0.4, -0.2) is 66.1 Å². The van der Waals surface area contributed by atoms with E-state index in [0.717, 1.165) is 0 Å². The van der Waals surface area contributed by atoms with Gasteiger partial charge in [-0.3, -0.25) is 14.2 Å². The lowest BCUT2D eigenvalue weighted by Gasteiger charge is -2.54. The van der Waals surface area contributed by atoms with Crippen molar-refractivity contribution in [3.63, 3.8) is 0 Å². The van der Waals surface area contributed by atoms with Crippen LogP contribution in [0.1, 0.15) is 43.0 Å². The molecule has 1 amide bonds. The third kappa shape index (κ3) is 4.23. The Morgan fingerprint density at radius 2 is 1.89 bits per heavy atom. The average molecular weight is 489 g/mol. The normalized spacial score (nSPS) is 21.3. The Hall–Kier alpha value is -4.08. The van der Waals surface area contributed by atoms with Crippen molar-refractivity contribution in [3.05, 3.63) is 70.9 Å². The second kappa shape index (κ2) is 9.52. The quantitative estimate of drug-likeness (QED) is 0.544. The van der Waals surface area contributed by atoms with Crippen LogP contribution in [0.2, 0.25) is 0 Å². The molecule has 2 aliphatic rings. The number of piperidine rings is 1. The number of likely N-dealkylation sites (tertiary alicyclic amines) is 1. The molecule has 36 heavy (non-hydrogen) atoms. The van der Waals surface area contributed by atoms with Crippen molar-refractivity contribution in [2.24, 2.45) is 0 Å². The van der Waals surface area contributed by atoms with Crippen molar-refractivity contribution in [1.82, 2.24) is 24.4 Å². The topological polar surface area (TPSA) is 122 Å². The molecule has 10 nitrogen and oxygen atoms in total. The molecule has 5 rings (SSSR count). The van der Waals surface area contributed by atoms with Crippen LogP contribution < -0.4 is 10.5 Å². The predicted molar refractivity (Wildman–Crippen MR) is 133 cm³/mol. The molecular formula is C26H28N6O4. The molecule has 1 fully saturated rings. The van der Waals surface area contributed by atoms with Gasteiger partial charge in [0, 0.05) is 42.5 Å². The number of nitrogens with zero attached hydrogens (tertiary/aromatic N) is 6. The van der Waals surface area contributed by atoms with Crippen LogP contribution in [0.15, 0.2) is 59.8 Å². The Bertz CT molecular complexity index is 1330. The van der Waals surface area contributed by atoms with Gasteiger partial charge in [-0.05, 0) is 31.7 Å². The number of hydrogen-bond acceptors (Lipinski definition) is 7. The maximum absolute atomic E-state index is 13.4. The summed E-state index contributed by atoms with van der Waals surface area (Å²) in [5.41, 5.74) is 0.801. The molecule has 1 saturated heterocycles. The highest BCUT2D eigenvalue weighted by Gasteiger charge is 2.48. The van der Waals surface area contributed by atoms with Gasteiger partial charge in [0.2, 0.25) is 5.95 Å². The molecule has 1 spiro atoms. The number of aromatic nitrogens is 4. The summed E-state index contributed by atoms with van der Waals surface area (Å²) in [6, 6.07) is 12.0. The van der Waals surface area contributed by atoms with Crippen LogP contribution in [0.5, 0.6) is 0 Å². The van der Waals surface area contributed by atoms with E-state index < -0.39 is 11.6 Å². The number of carbonyl (C=O) groups is 2. The number of carbonyl (C=O) groups excluding carboxylic acids is 1. The smallest absolute Gasteiger partial charge is 0.407 e. The predicted octanol–water partition coefficient (Wildman–Crippen LogP) is 3.08. The first kappa shape index (κ1) is 23.7. The van der Waals surface area contributed by atoms with Gasteiger partial charge in [-0.15, -0.1) is 0 Å². The maximum Gasteiger partial charge on any atom is 0.407 e. The number of Topliss-reactive ketones (excluding diaryl/α,β-unsaturated/α-hetero) is 1. The third-order valence-electron chi connectivity index (χ3n) is 7.44. The van der Waals surface area contributed by atoms with E-state index >= 15 is 0 Å². The number of rotatable bonds is 5. The van der Waals surface area contributed by atoms with Crippen molar-refractivity contribution < 1.29 is 14.7 Å². The number of anilines is 1. The van der Waals surface area contributed by atoms with Gasteiger partial charge >= 0.3 is 6.09 Å². The number of amides is 1. The van der Waals surface area contributed by atoms with Gasteiger partial charge in [0.15, 0.2) is 5.78 Å². The average Bonchev–Trinajstić information content (AvgIpc) is 2.91. The summed E-state index contributed by atoms with van der Waals surface area (Å²) in [5.74, 6) is 0.337. The molecule has 186 valence electrons. The minimum atomic E-state index is -0.930.